The van der Waals surface area contributed by atoms with E-state index in [-0.39, 0.29) is 5.54 Å². The quantitative estimate of drug-likeness (QED) is 0.910. The standard InChI is InChI=1S/C13H21ClN2S/c1-10-8-15-13(2,3)9-16(10)7-6-11-4-5-12(14)17-11/h4-5,10,15H,6-9H2,1-3H3. The molecule has 1 aliphatic rings. The van der Waals surface area contributed by atoms with E-state index in [0.29, 0.717) is 6.04 Å². The molecule has 1 N–H and O–H groups in total. The number of piperazine rings is 1. The van der Waals surface area contributed by atoms with E-state index in [4.69, 9.17) is 11.6 Å². The van der Waals surface area contributed by atoms with Crippen LogP contribution in [0.2, 0.25) is 4.34 Å². The Bertz CT molecular complexity index is 375. The van der Waals surface area contributed by atoms with Gasteiger partial charge in [-0.25, -0.2) is 0 Å². The number of hydrogen-bond acceptors (Lipinski definition) is 3. The fraction of sp³-hybridized carbons (Fsp3) is 0.692. The summed E-state index contributed by atoms with van der Waals surface area (Å²) in [5.74, 6) is 0. The first-order valence-electron chi connectivity index (χ1n) is 6.19. The third-order valence-corrected chi connectivity index (χ3v) is 4.66. The van der Waals surface area contributed by atoms with Crippen LogP contribution in [0.4, 0.5) is 0 Å². The predicted octanol–water partition coefficient (Wildman–Crippen LogP) is 3.02. The van der Waals surface area contributed by atoms with Crippen molar-refractivity contribution < 1.29 is 0 Å². The van der Waals surface area contributed by atoms with Crippen molar-refractivity contribution in [3.63, 3.8) is 0 Å². The minimum atomic E-state index is 0.236. The molecule has 0 aromatic carbocycles. The maximum absolute atomic E-state index is 5.95. The summed E-state index contributed by atoms with van der Waals surface area (Å²) in [7, 11) is 0. The molecular weight excluding hydrogens is 252 g/mol. The van der Waals surface area contributed by atoms with Crippen LogP contribution in [0, 0.1) is 0 Å². The molecule has 4 heteroatoms. The summed E-state index contributed by atoms with van der Waals surface area (Å²) in [6.07, 6.45) is 1.11. The van der Waals surface area contributed by atoms with E-state index < -0.39 is 0 Å². The molecule has 1 fully saturated rings. The van der Waals surface area contributed by atoms with Crippen LogP contribution in [-0.2, 0) is 6.42 Å². The molecule has 1 unspecified atom stereocenters. The van der Waals surface area contributed by atoms with Gasteiger partial charge < -0.3 is 5.32 Å². The molecule has 96 valence electrons. The summed E-state index contributed by atoms with van der Waals surface area (Å²) < 4.78 is 0.897. The summed E-state index contributed by atoms with van der Waals surface area (Å²) in [5, 5.41) is 3.58. The molecule has 1 aromatic rings. The highest BCUT2D eigenvalue weighted by Crippen LogP contribution is 2.23. The monoisotopic (exact) mass is 272 g/mol. The first-order valence-corrected chi connectivity index (χ1v) is 7.39. The van der Waals surface area contributed by atoms with Crippen molar-refractivity contribution in [1.29, 1.82) is 0 Å². The van der Waals surface area contributed by atoms with Crippen molar-refractivity contribution in [3.8, 4) is 0 Å². The lowest BCUT2D eigenvalue weighted by atomic mass is 9.99. The number of hydrogen-bond donors (Lipinski definition) is 1. The smallest absolute Gasteiger partial charge is 0.0931 e. The second-order valence-corrected chi connectivity index (χ2v) is 7.34. The first-order chi connectivity index (χ1) is 7.96. The van der Waals surface area contributed by atoms with Crippen molar-refractivity contribution >= 4 is 22.9 Å². The van der Waals surface area contributed by atoms with Gasteiger partial charge in [0, 0.05) is 36.1 Å². The third kappa shape index (κ3) is 3.68. The van der Waals surface area contributed by atoms with Gasteiger partial charge >= 0.3 is 0 Å². The molecule has 1 saturated heterocycles. The van der Waals surface area contributed by atoms with Crippen molar-refractivity contribution in [1.82, 2.24) is 10.2 Å². The van der Waals surface area contributed by atoms with E-state index in [1.54, 1.807) is 11.3 Å². The molecule has 1 aliphatic heterocycles. The summed E-state index contributed by atoms with van der Waals surface area (Å²) in [6, 6.07) is 4.76. The van der Waals surface area contributed by atoms with Crippen LogP contribution in [0.15, 0.2) is 12.1 Å². The molecule has 0 amide bonds. The normalized spacial score (nSPS) is 25.1. The van der Waals surface area contributed by atoms with Crippen LogP contribution in [0.3, 0.4) is 0 Å². The van der Waals surface area contributed by atoms with Crippen LogP contribution >= 0.6 is 22.9 Å². The minimum Gasteiger partial charge on any atom is -0.309 e. The number of nitrogens with one attached hydrogen (secondary N) is 1. The zero-order valence-electron chi connectivity index (χ0n) is 10.8. The molecular formula is C13H21ClN2S. The van der Waals surface area contributed by atoms with E-state index >= 15 is 0 Å². The predicted molar refractivity (Wildman–Crippen MR) is 76.1 cm³/mol. The highest BCUT2D eigenvalue weighted by molar-refractivity contribution is 7.16. The first kappa shape index (κ1) is 13.3. The SMILES string of the molecule is CC1CNC(C)(C)CN1CCc1ccc(Cl)s1. The maximum atomic E-state index is 5.95. The number of thiophene rings is 1. The minimum absolute atomic E-state index is 0.236. The fourth-order valence-corrected chi connectivity index (χ4v) is 3.39. The van der Waals surface area contributed by atoms with E-state index in [2.05, 4.69) is 37.1 Å². The van der Waals surface area contributed by atoms with Crippen molar-refractivity contribution in [2.75, 3.05) is 19.6 Å². The van der Waals surface area contributed by atoms with Gasteiger partial charge in [0.15, 0.2) is 0 Å². The van der Waals surface area contributed by atoms with Gasteiger partial charge in [-0.1, -0.05) is 11.6 Å². The highest BCUT2D eigenvalue weighted by Gasteiger charge is 2.29. The van der Waals surface area contributed by atoms with Crippen LogP contribution < -0.4 is 5.32 Å². The number of rotatable bonds is 3. The molecule has 0 bridgehead atoms. The Morgan fingerprint density at radius 3 is 2.94 bits per heavy atom. The third-order valence-electron chi connectivity index (χ3n) is 3.37. The Labute approximate surface area is 113 Å². The van der Waals surface area contributed by atoms with Crippen molar-refractivity contribution in [2.24, 2.45) is 0 Å². The van der Waals surface area contributed by atoms with Crippen LogP contribution in [0.1, 0.15) is 25.6 Å². The summed E-state index contributed by atoms with van der Waals surface area (Å²) in [4.78, 5) is 3.96. The van der Waals surface area contributed by atoms with E-state index in [0.717, 1.165) is 30.4 Å². The molecule has 2 rings (SSSR count). The van der Waals surface area contributed by atoms with Gasteiger partial charge in [0.2, 0.25) is 0 Å². The van der Waals surface area contributed by atoms with Gasteiger partial charge in [-0.05, 0) is 39.3 Å². The van der Waals surface area contributed by atoms with Gasteiger partial charge in [-0.3, -0.25) is 4.90 Å². The van der Waals surface area contributed by atoms with Crippen LogP contribution in [0.25, 0.3) is 0 Å². The second-order valence-electron chi connectivity index (χ2n) is 5.54. The lowest BCUT2D eigenvalue weighted by Crippen LogP contribution is -2.60. The number of halogens is 1. The Hall–Kier alpha value is -0.0900. The van der Waals surface area contributed by atoms with Crippen molar-refractivity contribution in [3.05, 3.63) is 21.3 Å². The summed E-state index contributed by atoms with van der Waals surface area (Å²) in [6.45, 7) is 10.2. The van der Waals surface area contributed by atoms with Crippen LogP contribution in [-0.4, -0.2) is 36.1 Å². The molecule has 0 saturated carbocycles. The lowest BCUT2D eigenvalue weighted by Gasteiger charge is -2.43. The largest absolute Gasteiger partial charge is 0.309 e. The Kier molecular flexibility index (Phi) is 4.14. The van der Waals surface area contributed by atoms with Gasteiger partial charge in [0.25, 0.3) is 0 Å². The Morgan fingerprint density at radius 2 is 2.29 bits per heavy atom. The van der Waals surface area contributed by atoms with Gasteiger partial charge in [0.05, 0.1) is 4.34 Å². The Morgan fingerprint density at radius 1 is 1.53 bits per heavy atom. The van der Waals surface area contributed by atoms with Crippen LogP contribution in [0.5, 0.6) is 0 Å². The molecule has 1 aromatic heterocycles. The van der Waals surface area contributed by atoms with Gasteiger partial charge in [-0.15, -0.1) is 11.3 Å². The molecule has 2 heterocycles. The Balaban J connectivity index is 1.89. The van der Waals surface area contributed by atoms with E-state index in [1.807, 2.05) is 6.07 Å². The van der Waals surface area contributed by atoms with Gasteiger partial charge in [-0.2, -0.15) is 0 Å². The molecule has 0 spiro atoms. The second kappa shape index (κ2) is 5.27. The highest BCUT2D eigenvalue weighted by atomic mass is 35.5. The average molecular weight is 273 g/mol. The molecule has 0 radical (unpaired) electrons. The molecule has 1 atom stereocenters. The summed E-state index contributed by atoms with van der Waals surface area (Å²) in [5.41, 5.74) is 0.236. The van der Waals surface area contributed by atoms with Crippen molar-refractivity contribution in [2.45, 2.75) is 38.8 Å². The average Bonchev–Trinajstić information content (AvgIpc) is 2.66. The maximum Gasteiger partial charge on any atom is 0.0931 e. The van der Waals surface area contributed by atoms with E-state index in [1.165, 1.54) is 4.88 Å². The summed E-state index contributed by atoms with van der Waals surface area (Å²) >= 11 is 7.65. The number of nitrogens with zero attached hydrogens (tertiary/aromatic N) is 1. The fourth-order valence-electron chi connectivity index (χ4n) is 2.31. The zero-order valence-corrected chi connectivity index (χ0v) is 12.4. The molecule has 0 aliphatic carbocycles. The zero-order chi connectivity index (χ0) is 12.5. The lowest BCUT2D eigenvalue weighted by molar-refractivity contribution is 0.106. The van der Waals surface area contributed by atoms with Gasteiger partial charge in [0.1, 0.15) is 0 Å². The molecule has 17 heavy (non-hydrogen) atoms. The topological polar surface area (TPSA) is 15.3 Å². The molecule has 2 nitrogen and oxygen atoms in total. The van der Waals surface area contributed by atoms with E-state index in [9.17, 15) is 0 Å².